The Bertz CT molecular complexity index is 997. The van der Waals surface area contributed by atoms with Crippen molar-refractivity contribution in [2.24, 2.45) is 0 Å². The Hall–Kier alpha value is -1.64. The average molecular weight is 444 g/mol. The summed E-state index contributed by atoms with van der Waals surface area (Å²) in [5, 5.41) is -0.0396. The minimum absolute atomic E-state index is 0.0159. The number of halogens is 2. The molecule has 0 bridgehead atoms. The van der Waals surface area contributed by atoms with Crippen LogP contribution in [0.5, 0.6) is 5.75 Å². The van der Waals surface area contributed by atoms with Gasteiger partial charge in [0.2, 0.25) is 10.0 Å². The van der Waals surface area contributed by atoms with Crippen molar-refractivity contribution < 1.29 is 22.7 Å². The van der Waals surface area contributed by atoms with Crippen LogP contribution < -0.4 is 4.74 Å². The van der Waals surface area contributed by atoms with E-state index < -0.39 is 16.0 Å². The fraction of sp³-hybridized carbons (Fsp3) is 0.316. The van der Waals surface area contributed by atoms with Gasteiger partial charge in [-0.3, -0.25) is 0 Å². The van der Waals surface area contributed by atoms with E-state index in [1.165, 1.54) is 16.4 Å². The van der Waals surface area contributed by atoms with Crippen LogP contribution in [-0.2, 0) is 14.8 Å². The maximum absolute atomic E-state index is 13.0. The van der Waals surface area contributed by atoms with E-state index in [1.54, 1.807) is 0 Å². The van der Waals surface area contributed by atoms with Gasteiger partial charge in [-0.15, -0.1) is 0 Å². The van der Waals surface area contributed by atoms with Gasteiger partial charge in [-0.25, -0.2) is 13.2 Å². The Morgan fingerprint density at radius 2 is 1.68 bits per heavy atom. The van der Waals surface area contributed by atoms with Crippen molar-refractivity contribution >= 4 is 39.2 Å². The number of hydrogen-bond acceptors (Lipinski definition) is 5. The number of para-hydroxylation sites is 1. The number of ether oxygens (including phenoxy) is 2. The summed E-state index contributed by atoms with van der Waals surface area (Å²) in [4.78, 5) is 12.5. The van der Waals surface area contributed by atoms with Gasteiger partial charge in [-0.2, -0.15) is 4.31 Å². The number of morpholine rings is 1. The van der Waals surface area contributed by atoms with Gasteiger partial charge in [0.1, 0.15) is 10.6 Å². The van der Waals surface area contributed by atoms with Crippen LogP contribution >= 0.6 is 23.2 Å². The molecule has 0 atom stereocenters. The monoisotopic (exact) mass is 443 g/mol. The van der Waals surface area contributed by atoms with E-state index in [9.17, 15) is 13.2 Å². The lowest BCUT2D eigenvalue weighted by Crippen LogP contribution is -2.40. The molecule has 9 heteroatoms. The van der Waals surface area contributed by atoms with Crippen LogP contribution in [-0.4, -0.2) is 45.0 Å². The third-order valence-corrected chi connectivity index (χ3v) is 7.11. The second-order valence-corrected chi connectivity index (χ2v) is 9.11. The number of hydrogen-bond donors (Lipinski definition) is 0. The minimum atomic E-state index is -3.90. The molecule has 150 valence electrons. The summed E-state index contributed by atoms with van der Waals surface area (Å²) in [6.07, 6.45) is 0. The number of nitrogens with zero attached hydrogens (tertiary/aromatic N) is 1. The maximum Gasteiger partial charge on any atom is 0.345 e. The van der Waals surface area contributed by atoms with E-state index in [0.717, 1.165) is 11.1 Å². The first kappa shape index (κ1) is 21.1. The van der Waals surface area contributed by atoms with Gasteiger partial charge in [0.15, 0.2) is 0 Å². The van der Waals surface area contributed by atoms with E-state index in [-0.39, 0.29) is 33.6 Å². The van der Waals surface area contributed by atoms with Crippen molar-refractivity contribution in [1.82, 2.24) is 4.31 Å². The molecule has 0 aromatic heterocycles. The highest BCUT2D eigenvalue weighted by Gasteiger charge is 2.30. The molecule has 1 aliphatic rings. The quantitative estimate of drug-likeness (QED) is 0.529. The summed E-state index contributed by atoms with van der Waals surface area (Å²) in [5.41, 5.74) is 1.49. The molecule has 0 N–H and O–H groups in total. The molecule has 28 heavy (non-hydrogen) atoms. The first-order chi connectivity index (χ1) is 13.2. The van der Waals surface area contributed by atoms with Crippen LogP contribution in [0.25, 0.3) is 0 Å². The molecule has 0 amide bonds. The molecule has 3 rings (SSSR count). The topological polar surface area (TPSA) is 72.9 Å². The number of carbonyl (C=O) groups excluding carboxylic acids is 1. The van der Waals surface area contributed by atoms with Crippen LogP contribution in [0.4, 0.5) is 0 Å². The van der Waals surface area contributed by atoms with E-state index in [2.05, 4.69) is 0 Å². The molecule has 6 nitrogen and oxygen atoms in total. The van der Waals surface area contributed by atoms with Gasteiger partial charge in [0.05, 0.1) is 28.8 Å². The number of aryl methyl sites for hydroxylation is 2. The Labute approximate surface area is 174 Å². The molecule has 0 unspecified atom stereocenters. The van der Waals surface area contributed by atoms with Crippen LogP contribution in [0.3, 0.4) is 0 Å². The van der Waals surface area contributed by atoms with Gasteiger partial charge in [0, 0.05) is 13.1 Å². The Balaban J connectivity index is 1.98. The van der Waals surface area contributed by atoms with E-state index >= 15 is 0 Å². The van der Waals surface area contributed by atoms with Gasteiger partial charge < -0.3 is 9.47 Å². The summed E-state index contributed by atoms with van der Waals surface area (Å²) in [6.45, 7) is 4.64. The molecule has 1 fully saturated rings. The zero-order chi connectivity index (χ0) is 20.5. The van der Waals surface area contributed by atoms with Crippen molar-refractivity contribution in [2.75, 3.05) is 26.3 Å². The highest BCUT2D eigenvalue weighted by molar-refractivity contribution is 7.89. The predicted octanol–water partition coefficient (Wildman–Crippen LogP) is 3.85. The number of rotatable bonds is 4. The van der Waals surface area contributed by atoms with Crippen LogP contribution in [0.15, 0.2) is 35.2 Å². The lowest BCUT2D eigenvalue weighted by atomic mass is 10.1. The molecule has 0 saturated carbocycles. The van der Waals surface area contributed by atoms with Crippen molar-refractivity contribution in [3.05, 3.63) is 57.1 Å². The summed E-state index contributed by atoms with van der Waals surface area (Å²) in [7, 11) is -3.90. The summed E-state index contributed by atoms with van der Waals surface area (Å²) in [5.74, 6) is -0.339. The maximum atomic E-state index is 13.0. The average Bonchev–Trinajstić information content (AvgIpc) is 2.65. The molecule has 1 saturated heterocycles. The lowest BCUT2D eigenvalue weighted by Gasteiger charge is -2.26. The Kier molecular flexibility index (Phi) is 6.31. The third-order valence-electron chi connectivity index (χ3n) is 4.43. The molecular weight excluding hydrogens is 425 g/mol. The molecule has 1 heterocycles. The summed E-state index contributed by atoms with van der Waals surface area (Å²) < 4.78 is 37.9. The van der Waals surface area contributed by atoms with Gasteiger partial charge >= 0.3 is 5.97 Å². The minimum Gasteiger partial charge on any atom is -0.422 e. The van der Waals surface area contributed by atoms with Crippen molar-refractivity contribution in [3.8, 4) is 5.75 Å². The Morgan fingerprint density at radius 1 is 1.07 bits per heavy atom. The highest BCUT2D eigenvalue weighted by Crippen LogP contribution is 2.32. The van der Waals surface area contributed by atoms with Crippen LogP contribution in [0.1, 0.15) is 21.5 Å². The van der Waals surface area contributed by atoms with E-state index in [0.29, 0.717) is 19.0 Å². The zero-order valence-electron chi connectivity index (χ0n) is 15.4. The molecule has 2 aromatic rings. The number of benzene rings is 2. The van der Waals surface area contributed by atoms with Crippen LogP contribution in [0, 0.1) is 13.8 Å². The summed E-state index contributed by atoms with van der Waals surface area (Å²) >= 11 is 12.3. The first-order valence-electron chi connectivity index (χ1n) is 8.57. The normalized spacial score (nSPS) is 15.4. The number of esters is 1. The standard InChI is InChI=1S/C19H19Cl2NO5S/c1-12-4-3-5-13(2)18(12)27-19(23)14-10-17(16(21)11-15(14)20)28(24,25)22-6-8-26-9-7-22/h3-5,10-11H,6-9H2,1-2H3. The molecule has 2 aromatic carbocycles. The van der Waals surface area contributed by atoms with Gasteiger partial charge in [-0.05, 0) is 37.1 Å². The van der Waals surface area contributed by atoms with Crippen molar-refractivity contribution in [2.45, 2.75) is 18.7 Å². The predicted molar refractivity (Wildman–Crippen MR) is 107 cm³/mol. The number of sulfonamides is 1. The largest absolute Gasteiger partial charge is 0.422 e. The van der Waals surface area contributed by atoms with E-state index in [1.807, 2.05) is 32.0 Å². The summed E-state index contributed by atoms with van der Waals surface area (Å²) in [6, 6.07) is 7.90. The molecule has 0 spiro atoms. The van der Waals surface area contributed by atoms with Crippen LogP contribution in [0.2, 0.25) is 10.0 Å². The number of carbonyl (C=O) groups is 1. The third kappa shape index (κ3) is 4.18. The second kappa shape index (κ2) is 8.39. The fourth-order valence-electron chi connectivity index (χ4n) is 2.92. The molecule has 0 aliphatic carbocycles. The second-order valence-electron chi connectivity index (χ2n) is 6.39. The lowest BCUT2D eigenvalue weighted by molar-refractivity contribution is 0.0726. The fourth-order valence-corrected chi connectivity index (χ4v) is 5.15. The van der Waals surface area contributed by atoms with Gasteiger partial charge in [-0.1, -0.05) is 41.4 Å². The van der Waals surface area contributed by atoms with Crippen molar-refractivity contribution in [1.29, 1.82) is 0 Å². The highest BCUT2D eigenvalue weighted by atomic mass is 35.5. The first-order valence-corrected chi connectivity index (χ1v) is 10.8. The van der Waals surface area contributed by atoms with E-state index in [4.69, 9.17) is 32.7 Å². The Morgan fingerprint density at radius 3 is 2.29 bits per heavy atom. The molecular formula is C19H19Cl2NO5S. The zero-order valence-corrected chi connectivity index (χ0v) is 17.7. The smallest absolute Gasteiger partial charge is 0.345 e. The van der Waals surface area contributed by atoms with Crippen molar-refractivity contribution in [3.63, 3.8) is 0 Å². The SMILES string of the molecule is Cc1cccc(C)c1OC(=O)c1cc(S(=O)(=O)N2CCOCC2)c(Cl)cc1Cl. The van der Waals surface area contributed by atoms with Gasteiger partial charge in [0.25, 0.3) is 0 Å². The molecule has 1 aliphatic heterocycles. The molecule has 0 radical (unpaired) electrons.